The lowest BCUT2D eigenvalue weighted by molar-refractivity contribution is 0.0940. The monoisotopic (exact) mass is 379 g/mol. The number of likely N-dealkylation sites (tertiary alicyclic amines) is 1. The maximum atomic E-state index is 12.2. The second-order valence-corrected chi connectivity index (χ2v) is 9.04. The Morgan fingerprint density at radius 2 is 2.24 bits per heavy atom. The number of rotatable bonds is 3. The maximum Gasteiger partial charge on any atom is 0.178 e. The van der Waals surface area contributed by atoms with Crippen molar-refractivity contribution in [2.75, 3.05) is 19.6 Å². The summed E-state index contributed by atoms with van der Waals surface area (Å²) in [5.41, 5.74) is 1.15. The molecule has 2 rings (SSSR count). The van der Waals surface area contributed by atoms with Crippen molar-refractivity contribution in [1.82, 2.24) is 4.90 Å². The Morgan fingerprint density at radius 3 is 2.71 bits per heavy atom. The van der Waals surface area contributed by atoms with Gasteiger partial charge in [0, 0.05) is 12.1 Å². The van der Waals surface area contributed by atoms with Crippen LogP contribution in [-0.2, 0) is 0 Å². The van der Waals surface area contributed by atoms with Crippen molar-refractivity contribution in [3.8, 4) is 0 Å². The zero-order valence-electron chi connectivity index (χ0n) is 9.93. The third kappa shape index (κ3) is 3.40. The van der Waals surface area contributed by atoms with E-state index < -0.39 is 0 Å². The molecule has 0 N–H and O–H groups in total. The van der Waals surface area contributed by atoms with Crippen molar-refractivity contribution in [2.24, 2.45) is 5.41 Å². The fourth-order valence-corrected chi connectivity index (χ4v) is 5.03. The molecule has 2 nitrogen and oxygen atoms in total. The normalized spacial score (nSPS) is 19.8. The van der Waals surface area contributed by atoms with Gasteiger partial charge >= 0.3 is 0 Å². The summed E-state index contributed by atoms with van der Waals surface area (Å²) in [6.45, 7) is 7.09. The number of carbonyl (C=O) groups is 1. The third-order valence-corrected chi connectivity index (χ3v) is 5.42. The summed E-state index contributed by atoms with van der Waals surface area (Å²) in [4.78, 5) is 14.4. The van der Waals surface area contributed by atoms with Gasteiger partial charge < -0.3 is 0 Å². The lowest BCUT2D eigenvalue weighted by Gasteiger charge is -2.18. The van der Waals surface area contributed by atoms with Crippen LogP contribution >= 0.6 is 43.2 Å². The zero-order chi connectivity index (χ0) is 12.6. The van der Waals surface area contributed by atoms with Crippen LogP contribution < -0.4 is 0 Å². The molecule has 0 aromatic carbocycles. The molecule has 1 aromatic rings. The maximum absolute atomic E-state index is 12.2. The molecule has 0 aliphatic carbocycles. The highest BCUT2D eigenvalue weighted by atomic mass is 79.9. The first kappa shape index (κ1) is 13.7. The SMILES string of the molecule is CC1(C)CCN(CC(=O)c2cc(Br)sc2Br)C1. The smallest absolute Gasteiger partial charge is 0.178 e. The molecule has 1 fully saturated rings. The third-order valence-electron chi connectivity index (χ3n) is 3.08. The minimum absolute atomic E-state index is 0.205. The highest BCUT2D eigenvalue weighted by molar-refractivity contribution is 9.12. The molecule has 0 amide bonds. The molecule has 0 bridgehead atoms. The van der Waals surface area contributed by atoms with Gasteiger partial charge in [-0.2, -0.15) is 0 Å². The van der Waals surface area contributed by atoms with Crippen LogP contribution in [0.2, 0.25) is 0 Å². The average Bonchev–Trinajstić information content (AvgIpc) is 2.69. The van der Waals surface area contributed by atoms with Gasteiger partial charge in [-0.25, -0.2) is 0 Å². The standard InChI is InChI=1S/C12H15Br2NOS/c1-12(2)3-4-15(7-12)6-9(16)8-5-10(13)17-11(8)14/h5H,3-4,6-7H2,1-2H3. The molecule has 1 aliphatic heterocycles. The first-order valence-corrected chi connectivity index (χ1v) is 7.98. The molecule has 0 unspecified atom stereocenters. The summed E-state index contributed by atoms with van der Waals surface area (Å²) < 4.78 is 1.92. The van der Waals surface area contributed by atoms with Crippen molar-refractivity contribution in [3.63, 3.8) is 0 Å². The zero-order valence-corrected chi connectivity index (χ0v) is 13.9. The number of halogens is 2. The van der Waals surface area contributed by atoms with Crippen molar-refractivity contribution in [3.05, 3.63) is 19.2 Å². The highest BCUT2D eigenvalue weighted by Gasteiger charge is 2.30. The Morgan fingerprint density at radius 1 is 1.53 bits per heavy atom. The van der Waals surface area contributed by atoms with Gasteiger partial charge in [-0.15, -0.1) is 11.3 Å². The molecular formula is C12H15Br2NOS. The van der Waals surface area contributed by atoms with Crippen LogP contribution in [0, 0.1) is 5.41 Å². The van der Waals surface area contributed by atoms with E-state index in [-0.39, 0.29) is 5.78 Å². The lowest BCUT2D eigenvalue weighted by Crippen LogP contribution is -2.29. The Balaban J connectivity index is 2.01. The molecule has 2 heterocycles. The lowest BCUT2D eigenvalue weighted by atomic mass is 9.93. The number of nitrogens with zero attached hydrogens (tertiary/aromatic N) is 1. The molecule has 1 aromatic heterocycles. The molecule has 0 radical (unpaired) electrons. The van der Waals surface area contributed by atoms with Gasteiger partial charge in [-0.3, -0.25) is 9.69 Å². The molecule has 0 spiro atoms. The Kier molecular flexibility index (Phi) is 4.13. The largest absolute Gasteiger partial charge is 0.295 e. The highest BCUT2D eigenvalue weighted by Crippen LogP contribution is 2.33. The molecule has 0 atom stereocenters. The number of carbonyl (C=O) groups excluding carboxylic acids is 1. The summed E-state index contributed by atoms with van der Waals surface area (Å²) >= 11 is 8.39. The van der Waals surface area contributed by atoms with E-state index in [0.717, 1.165) is 26.2 Å². The molecule has 1 aliphatic rings. The first-order chi connectivity index (χ1) is 7.87. The van der Waals surface area contributed by atoms with Crippen molar-refractivity contribution >= 4 is 49.0 Å². The van der Waals surface area contributed by atoms with Gasteiger partial charge in [0.2, 0.25) is 0 Å². The van der Waals surface area contributed by atoms with Gasteiger partial charge in [0.15, 0.2) is 5.78 Å². The van der Waals surface area contributed by atoms with Gasteiger partial charge in [0.1, 0.15) is 0 Å². The second kappa shape index (κ2) is 5.11. The predicted octanol–water partition coefficient (Wildman–Crippen LogP) is 4.19. The minimum Gasteiger partial charge on any atom is -0.295 e. The number of ketones is 1. The van der Waals surface area contributed by atoms with E-state index >= 15 is 0 Å². The van der Waals surface area contributed by atoms with Crippen LogP contribution in [0.5, 0.6) is 0 Å². The van der Waals surface area contributed by atoms with Crippen LogP contribution in [0.3, 0.4) is 0 Å². The van der Waals surface area contributed by atoms with Crippen molar-refractivity contribution in [1.29, 1.82) is 0 Å². The van der Waals surface area contributed by atoms with Crippen LogP contribution in [0.15, 0.2) is 13.6 Å². The van der Waals surface area contributed by atoms with Crippen LogP contribution in [-0.4, -0.2) is 30.3 Å². The Bertz CT molecular complexity index is 442. The van der Waals surface area contributed by atoms with Gasteiger partial charge in [0.05, 0.1) is 14.1 Å². The number of thiophene rings is 1. The minimum atomic E-state index is 0.205. The van der Waals surface area contributed by atoms with Crippen LogP contribution in [0.25, 0.3) is 0 Å². The quantitative estimate of drug-likeness (QED) is 0.732. The van der Waals surface area contributed by atoms with Crippen molar-refractivity contribution < 1.29 is 4.79 Å². The fraction of sp³-hybridized carbons (Fsp3) is 0.583. The van der Waals surface area contributed by atoms with Gasteiger partial charge in [0.25, 0.3) is 0 Å². The fourth-order valence-electron chi connectivity index (χ4n) is 2.18. The van der Waals surface area contributed by atoms with E-state index in [1.165, 1.54) is 6.42 Å². The number of Topliss-reactive ketones (excluding diaryl/α,β-unsaturated/α-hetero) is 1. The van der Waals surface area contributed by atoms with Crippen LogP contribution in [0.1, 0.15) is 30.6 Å². The molecule has 94 valence electrons. The summed E-state index contributed by atoms with van der Waals surface area (Å²) in [7, 11) is 0. The molecule has 17 heavy (non-hydrogen) atoms. The molecule has 5 heteroatoms. The molecule has 0 saturated carbocycles. The Hall–Kier alpha value is 0.290. The van der Waals surface area contributed by atoms with E-state index in [2.05, 4.69) is 50.6 Å². The summed E-state index contributed by atoms with van der Waals surface area (Å²) in [5.74, 6) is 0.205. The van der Waals surface area contributed by atoms with Gasteiger partial charge in [-0.05, 0) is 56.3 Å². The van der Waals surface area contributed by atoms with Gasteiger partial charge in [-0.1, -0.05) is 13.8 Å². The topological polar surface area (TPSA) is 20.3 Å². The summed E-state index contributed by atoms with van der Waals surface area (Å²) in [6.07, 6.45) is 1.18. The average molecular weight is 381 g/mol. The van der Waals surface area contributed by atoms with E-state index in [9.17, 15) is 4.79 Å². The second-order valence-electron chi connectivity index (χ2n) is 5.29. The Labute approximate surface area is 123 Å². The van der Waals surface area contributed by atoms with Crippen molar-refractivity contribution in [2.45, 2.75) is 20.3 Å². The number of hydrogen-bond acceptors (Lipinski definition) is 3. The predicted molar refractivity (Wildman–Crippen MR) is 78.9 cm³/mol. The van der Waals surface area contributed by atoms with E-state index in [0.29, 0.717) is 12.0 Å². The molecule has 1 saturated heterocycles. The first-order valence-electron chi connectivity index (χ1n) is 5.58. The van der Waals surface area contributed by atoms with E-state index in [1.807, 2.05) is 6.07 Å². The summed E-state index contributed by atoms with van der Waals surface area (Å²) in [5, 5.41) is 0. The van der Waals surface area contributed by atoms with E-state index in [4.69, 9.17) is 0 Å². The summed E-state index contributed by atoms with van der Waals surface area (Å²) in [6, 6.07) is 1.90. The molecular weight excluding hydrogens is 366 g/mol. The van der Waals surface area contributed by atoms with Crippen LogP contribution in [0.4, 0.5) is 0 Å². The number of hydrogen-bond donors (Lipinski definition) is 0. The van der Waals surface area contributed by atoms with E-state index in [1.54, 1.807) is 11.3 Å².